The predicted molar refractivity (Wildman–Crippen MR) is 102 cm³/mol. The van der Waals surface area contributed by atoms with Gasteiger partial charge in [0.25, 0.3) is 0 Å². The number of halogens is 4. The van der Waals surface area contributed by atoms with Crippen LogP contribution in [0.4, 0.5) is 30.6 Å². The van der Waals surface area contributed by atoms with Gasteiger partial charge in [0.1, 0.15) is 11.6 Å². The molecular weight excluding hydrogens is 411 g/mol. The van der Waals surface area contributed by atoms with E-state index in [4.69, 9.17) is 16.7 Å². The van der Waals surface area contributed by atoms with E-state index in [1.807, 2.05) is 6.07 Å². The summed E-state index contributed by atoms with van der Waals surface area (Å²) in [5, 5.41) is 14.6. The van der Waals surface area contributed by atoms with Crippen LogP contribution in [0.1, 0.15) is 0 Å². The van der Waals surface area contributed by atoms with Gasteiger partial charge in [0.05, 0.1) is 17.3 Å². The molecule has 0 saturated carbocycles. The number of nitrogens with zero attached hydrogens (tertiary/aromatic N) is 3. The Bertz CT molecular complexity index is 973. The maximum Gasteiger partial charge on any atom is 0.573 e. The molecule has 0 aliphatic rings. The lowest BCUT2D eigenvalue weighted by Gasteiger charge is -2.13. The highest BCUT2D eigenvalue weighted by molar-refractivity contribution is 6.32. The SMILES string of the molecule is OCCNc1nc(Nc2ccc(OC(F)(F)F)c(Cl)c2)cc(-c2cccnc2)n1. The molecule has 1 aromatic carbocycles. The van der Waals surface area contributed by atoms with Gasteiger partial charge in [-0.3, -0.25) is 4.98 Å². The Balaban J connectivity index is 1.88. The van der Waals surface area contributed by atoms with E-state index in [1.54, 1.807) is 24.5 Å². The Morgan fingerprint density at radius 3 is 2.62 bits per heavy atom. The Morgan fingerprint density at radius 1 is 1.14 bits per heavy atom. The molecule has 0 bridgehead atoms. The van der Waals surface area contributed by atoms with Crippen LogP contribution in [0.25, 0.3) is 11.3 Å². The second-order valence-corrected chi connectivity index (χ2v) is 6.08. The van der Waals surface area contributed by atoms with E-state index in [1.165, 1.54) is 12.1 Å². The average molecular weight is 426 g/mol. The third kappa shape index (κ3) is 5.93. The molecule has 29 heavy (non-hydrogen) atoms. The Kier molecular flexibility index (Phi) is 6.35. The van der Waals surface area contributed by atoms with E-state index in [0.717, 1.165) is 11.6 Å². The number of aliphatic hydroxyl groups is 1. The summed E-state index contributed by atoms with van der Waals surface area (Å²) in [5.41, 5.74) is 1.68. The Hall–Kier alpha value is -3.11. The fourth-order valence-electron chi connectivity index (χ4n) is 2.35. The van der Waals surface area contributed by atoms with E-state index in [0.29, 0.717) is 17.2 Å². The van der Waals surface area contributed by atoms with Crippen molar-refractivity contribution in [3.63, 3.8) is 0 Å². The van der Waals surface area contributed by atoms with Gasteiger partial charge in [-0.1, -0.05) is 11.6 Å². The number of aliphatic hydroxyl groups excluding tert-OH is 1. The van der Waals surface area contributed by atoms with Gasteiger partial charge in [0.2, 0.25) is 5.95 Å². The first-order valence-electron chi connectivity index (χ1n) is 8.30. The minimum Gasteiger partial charge on any atom is -0.404 e. The quantitative estimate of drug-likeness (QED) is 0.521. The van der Waals surface area contributed by atoms with Crippen LogP contribution < -0.4 is 15.4 Å². The monoisotopic (exact) mass is 425 g/mol. The molecule has 3 N–H and O–H groups in total. The molecule has 0 radical (unpaired) electrons. The molecule has 152 valence electrons. The largest absolute Gasteiger partial charge is 0.573 e. The zero-order valence-corrected chi connectivity index (χ0v) is 15.5. The molecule has 0 atom stereocenters. The summed E-state index contributed by atoms with van der Waals surface area (Å²) < 4.78 is 41.0. The van der Waals surface area contributed by atoms with Gasteiger partial charge in [-0.2, -0.15) is 4.98 Å². The topological polar surface area (TPSA) is 92.2 Å². The summed E-state index contributed by atoms with van der Waals surface area (Å²) >= 11 is 5.88. The second kappa shape index (κ2) is 8.93. The van der Waals surface area contributed by atoms with Gasteiger partial charge in [-0.15, -0.1) is 13.2 Å². The molecule has 0 aliphatic heterocycles. The van der Waals surface area contributed by atoms with E-state index in [-0.39, 0.29) is 24.1 Å². The molecule has 3 rings (SSSR count). The number of aromatic nitrogens is 3. The lowest BCUT2D eigenvalue weighted by molar-refractivity contribution is -0.274. The first-order valence-corrected chi connectivity index (χ1v) is 8.68. The summed E-state index contributed by atoms with van der Waals surface area (Å²) in [7, 11) is 0. The number of hydrogen-bond acceptors (Lipinski definition) is 7. The second-order valence-electron chi connectivity index (χ2n) is 5.67. The van der Waals surface area contributed by atoms with Crippen LogP contribution >= 0.6 is 11.6 Å². The molecule has 0 fully saturated rings. The van der Waals surface area contributed by atoms with Crippen LogP contribution in [0.5, 0.6) is 5.75 Å². The van der Waals surface area contributed by atoms with Gasteiger partial charge < -0.3 is 20.5 Å². The van der Waals surface area contributed by atoms with Crippen molar-refractivity contribution in [3.05, 3.63) is 53.8 Å². The van der Waals surface area contributed by atoms with Crippen molar-refractivity contribution in [3.8, 4) is 17.0 Å². The number of nitrogens with one attached hydrogen (secondary N) is 2. The highest BCUT2D eigenvalue weighted by atomic mass is 35.5. The van der Waals surface area contributed by atoms with Gasteiger partial charge in [0.15, 0.2) is 0 Å². The molecule has 0 saturated heterocycles. The van der Waals surface area contributed by atoms with Crippen molar-refractivity contribution in [2.75, 3.05) is 23.8 Å². The highest BCUT2D eigenvalue weighted by Gasteiger charge is 2.32. The molecule has 11 heteroatoms. The molecule has 3 aromatic rings. The van der Waals surface area contributed by atoms with Crippen molar-refractivity contribution in [1.29, 1.82) is 0 Å². The van der Waals surface area contributed by atoms with E-state index in [9.17, 15) is 13.2 Å². The van der Waals surface area contributed by atoms with Gasteiger partial charge >= 0.3 is 6.36 Å². The van der Waals surface area contributed by atoms with E-state index < -0.39 is 12.1 Å². The predicted octanol–water partition coefficient (Wildman–Crippen LogP) is 4.24. The van der Waals surface area contributed by atoms with Gasteiger partial charge in [-0.05, 0) is 30.3 Å². The third-order valence-corrected chi connectivity index (χ3v) is 3.80. The molecular formula is C18H15ClF3N5O2. The van der Waals surface area contributed by atoms with E-state index >= 15 is 0 Å². The van der Waals surface area contributed by atoms with Crippen LogP contribution in [0, 0.1) is 0 Å². The maximum absolute atomic E-state index is 12.4. The zero-order valence-electron chi connectivity index (χ0n) is 14.7. The first-order chi connectivity index (χ1) is 13.8. The molecule has 2 heterocycles. The number of hydrogen-bond donors (Lipinski definition) is 3. The standard InChI is InChI=1S/C18H15ClF3N5O2/c19-13-8-12(3-4-15(13)29-18(20,21)22)25-16-9-14(11-2-1-5-23-10-11)26-17(27-16)24-6-7-28/h1-5,8-10,28H,6-7H2,(H2,24,25,26,27). The first kappa shape index (κ1) is 20.6. The molecule has 2 aromatic heterocycles. The smallest absolute Gasteiger partial charge is 0.404 e. The van der Waals surface area contributed by atoms with Crippen LogP contribution in [0.3, 0.4) is 0 Å². The number of pyridine rings is 1. The Morgan fingerprint density at radius 2 is 1.97 bits per heavy atom. The zero-order chi connectivity index (χ0) is 20.9. The highest BCUT2D eigenvalue weighted by Crippen LogP contribution is 2.33. The average Bonchev–Trinajstić information content (AvgIpc) is 2.68. The minimum atomic E-state index is -4.84. The summed E-state index contributed by atoms with van der Waals surface area (Å²) in [5.74, 6) is 0.111. The van der Waals surface area contributed by atoms with Crippen molar-refractivity contribution in [1.82, 2.24) is 15.0 Å². The van der Waals surface area contributed by atoms with Gasteiger partial charge in [0, 0.05) is 36.3 Å². The number of benzene rings is 1. The summed E-state index contributed by atoms with van der Waals surface area (Å²) in [6.45, 7) is 0.130. The van der Waals surface area contributed by atoms with Crippen LogP contribution in [-0.2, 0) is 0 Å². The minimum absolute atomic E-state index is 0.112. The normalized spacial score (nSPS) is 11.2. The lowest BCUT2D eigenvalue weighted by atomic mass is 10.2. The number of anilines is 3. The fraction of sp³-hybridized carbons (Fsp3) is 0.167. The summed E-state index contributed by atoms with van der Waals surface area (Å²) in [4.78, 5) is 12.7. The molecule has 0 amide bonds. The molecule has 0 aliphatic carbocycles. The van der Waals surface area contributed by atoms with Crippen molar-refractivity contribution >= 4 is 29.1 Å². The van der Waals surface area contributed by atoms with E-state index in [2.05, 4.69) is 30.3 Å². The summed E-state index contributed by atoms with van der Waals surface area (Å²) in [6.07, 6.45) is -1.58. The number of ether oxygens (including phenoxy) is 1. The van der Waals surface area contributed by atoms with Crippen molar-refractivity contribution in [2.24, 2.45) is 0 Å². The summed E-state index contributed by atoms with van der Waals surface area (Å²) in [6, 6.07) is 8.98. The van der Waals surface area contributed by atoms with Crippen molar-refractivity contribution in [2.45, 2.75) is 6.36 Å². The third-order valence-electron chi connectivity index (χ3n) is 3.51. The number of alkyl halides is 3. The molecule has 0 unspecified atom stereocenters. The lowest BCUT2D eigenvalue weighted by Crippen LogP contribution is -2.17. The fourth-order valence-corrected chi connectivity index (χ4v) is 2.57. The van der Waals surface area contributed by atoms with Gasteiger partial charge in [-0.25, -0.2) is 4.98 Å². The van der Waals surface area contributed by atoms with Crippen LogP contribution in [-0.4, -0.2) is 39.6 Å². The molecule has 7 nitrogen and oxygen atoms in total. The van der Waals surface area contributed by atoms with Crippen LogP contribution in [0.2, 0.25) is 5.02 Å². The maximum atomic E-state index is 12.4. The molecule has 0 spiro atoms. The Labute approximate surface area is 168 Å². The van der Waals surface area contributed by atoms with Crippen molar-refractivity contribution < 1.29 is 23.0 Å². The van der Waals surface area contributed by atoms with Crippen LogP contribution in [0.15, 0.2) is 48.8 Å². The number of rotatable bonds is 7.